The number of carbonyl (C=O) groups is 1. The lowest BCUT2D eigenvalue weighted by atomic mass is 10.1. The van der Waals surface area contributed by atoms with Crippen molar-refractivity contribution in [1.82, 2.24) is 0 Å². The Morgan fingerprint density at radius 2 is 2.28 bits per heavy atom. The van der Waals surface area contributed by atoms with Crippen molar-refractivity contribution in [2.75, 3.05) is 17.3 Å². The third-order valence-corrected chi connectivity index (χ3v) is 3.29. The topological polar surface area (TPSA) is 63.5 Å². The number of nitrogens with zero attached hydrogens (tertiary/aromatic N) is 2. The van der Waals surface area contributed by atoms with Gasteiger partial charge in [0.2, 0.25) is 5.91 Å². The van der Waals surface area contributed by atoms with Crippen LogP contribution in [0.3, 0.4) is 0 Å². The van der Waals surface area contributed by atoms with E-state index < -0.39 is 10.7 Å². The van der Waals surface area contributed by atoms with Gasteiger partial charge >= 0.3 is 0 Å². The highest BCUT2D eigenvalue weighted by atomic mass is 35.5. The molecule has 2 rings (SSSR count). The van der Waals surface area contributed by atoms with Crippen LogP contribution >= 0.6 is 11.6 Å². The van der Waals surface area contributed by atoms with Crippen molar-refractivity contribution < 1.29 is 14.1 Å². The molecule has 0 aliphatic carbocycles. The van der Waals surface area contributed by atoms with Crippen LogP contribution in [-0.4, -0.2) is 23.3 Å². The van der Waals surface area contributed by atoms with E-state index in [1.54, 1.807) is 0 Å². The van der Waals surface area contributed by atoms with E-state index in [1.165, 1.54) is 4.90 Å². The molecule has 1 atom stereocenters. The highest BCUT2D eigenvalue weighted by Crippen LogP contribution is 2.30. The molecule has 18 heavy (non-hydrogen) atoms. The standard InChI is InChI=1S/C11H10ClFN2O3/c12-5-7-3-11(16)14(6-7)10-4-8(15(17)18)1-2-9(10)13/h1-2,4,7H,3,5-6H2. The molecule has 1 amide bonds. The van der Waals surface area contributed by atoms with Gasteiger partial charge in [-0.3, -0.25) is 14.9 Å². The highest BCUT2D eigenvalue weighted by Gasteiger charge is 2.32. The summed E-state index contributed by atoms with van der Waals surface area (Å²) in [5.41, 5.74) is -0.296. The minimum absolute atomic E-state index is 0.0437. The van der Waals surface area contributed by atoms with Crippen molar-refractivity contribution in [3.05, 3.63) is 34.1 Å². The maximum atomic E-state index is 13.6. The first-order chi connectivity index (χ1) is 8.52. The first kappa shape index (κ1) is 12.8. The fourth-order valence-electron chi connectivity index (χ4n) is 1.94. The summed E-state index contributed by atoms with van der Waals surface area (Å²) in [5, 5.41) is 10.6. The van der Waals surface area contributed by atoms with E-state index in [9.17, 15) is 19.3 Å². The van der Waals surface area contributed by atoms with Gasteiger partial charge < -0.3 is 4.90 Å². The Kier molecular flexibility index (Phi) is 3.47. The van der Waals surface area contributed by atoms with Crippen LogP contribution in [0.1, 0.15) is 6.42 Å². The molecule has 96 valence electrons. The summed E-state index contributed by atoms with van der Waals surface area (Å²) in [5.74, 6) is -0.652. The molecule has 0 aromatic heterocycles. The van der Waals surface area contributed by atoms with Crippen LogP contribution in [-0.2, 0) is 4.79 Å². The Bertz CT molecular complexity index is 509. The van der Waals surface area contributed by atoms with Crippen molar-refractivity contribution in [3.63, 3.8) is 0 Å². The molecule has 1 heterocycles. The van der Waals surface area contributed by atoms with Crippen LogP contribution in [0.2, 0.25) is 0 Å². The van der Waals surface area contributed by atoms with E-state index in [0.29, 0.717) is 12.4 Å². The van der Waals surface area contributed by atoms with Gasteiger partial charge in [-0.1, -0.05) is 0 Å². The molecule has 1 aromatic rings. The smallest absolute Gasteiger partial charge is 0.271 e. The molecule has 7 heteroatoms. The zero-order valence-electron chi connectivity index (χ0n) is 9.31. The van der Waals surface area contributed by atoms with Crippen LogP contribution in [0.4, 0.5) is 15.8 Å². The van der Waals surface area contributed by atoms with Gasteiger partial charge in [-0.15, -0.1) is 11.6 Å². The van der Waals surface area contributed by atoms with Crippen molar-refractivity contribution in [1.29, 1.82) is 0 Å². The van der Waals surface area contributed by atoms with Gasteiger partial charge in [-0.2, -0.15) is 0 Å². The molecule has 1 unspecified atom stereocenters. The van der Waals surface area contributed by atoms with Gasteiger partial charge in [0.1, 0.15) is 5.82 Å². The second kappa shape index (κ2) is 4.89. The van der Waals surface area contributed by atoms with Crippen molar-refractivity contribution in [2.24, 2.45) is 5.92 Å². The van der Waals surface area contributed by atoms with Gasteiger partial charge in [0.05, 0.1) is 10.6 Å². The number of anilines is 1. The zero-order valence-corrected chi connectivity index (χ0v) is 10.1. The van der Waals surface area contributed by atoms with Crippen molar-refractivity contribution in [3.8, 4) is 0 Å². The number of hydrogen-bond acceptors (Lipinski definition) is 3. The summed E-state index contributed by atoms with van der Waals surface area (Å²) in [6, 6.07) is 3.14. The number of nitro groups is 1. The van der Waals surface area contributed by atoms with Crippen LogP contribution in [0.25, 0.3) is 0 Å². The van der Waals surface area contributed by atoms with Gasteiger partial charge in [0.25, 0.3) is 5.69 Å². The monoisotopic (exact) mass is 272 g/mol. The molecule has 5 nitrogen and oxygen atoms in total. The fourth-order valence-corrected chi connectivity index (χ4v) is 2.15. The quantitative estimate of drug-likeness (QED) is 0.482. The van der Waals surface area contributed by atoms with Gasteiger partial charge in [0, 0.05) is 31.0 Å². The lowest BCUT2D eigenvalue weighted by Gasteiger charge is -2.16. The van der Waals surface area contributed by atoms with Crippen molar-refractivity contribution >= 4 is 28.9 Å². The SMILES string of the molecule is O=C1CC(CCl)CN1c1cc([N+](=O)[O-])ccc1F. The number of alkyl halides is 1. The largest absolute Gasteiger partial charge is 0.309 e. The summed E-state index contributed by atoms with van der Waals surface area (Å²) in [4.78, 5) is 22.9. The van der Waals surface area contributed by atoms with Crippen LogP contribution in [0, 0.1) is 21.8 Å². The Morgan fingerprint density at radius 3 is 2.83 bits per heavy atom. The number of rotatable bonds is 3. The van der Waals surface area contributed by atoms with Crippen LogP contribution < -0.4 is 4.90 Å². The van der Waals surface area contributed by atoms with Gasteiger partial charge in [-0.05, 0) is 12.0 Å². The predicted molar refractivity (Wildman–Crippen MR) is 64.2 cm³/mol. The van der Waals surface area contributed by atoms with Crippen LogP contribution in [0.15, 0.2) is 18.2 Å². The lowest BCUT2D eigenvalue weighted by Crippen LogP contribution is -2.25. The summed E-state index contributed by atoms with van der Waals surface area (Å²) < 4.78 is 13.6. The number of halogens is 2. The first-order valence-corrected chi connectivity index (χ1v) is 5.86. The average molecular weight is 273 g/mol. The Hall–Kier alpha value is -1.69. The Morgan fingerprint density at radius 1 is 1.56 bits per heavy atom. The maximum Gasteiger partial charge on any atom is 0.271 e. The van der Waals surface area contributed by atoms with E-state index in [2.05, 4.69) is 0 Å². The zero-order chi connectivity index (χ0) is 13.3. The molecule has 1 fully saturated rings. The minimum Gasteiger partial charge on any atom is -0.309 e. The number of non-ortho nitro benzene ring substituents is 1. The molecule has 1 aliphatic heterocycles. The molecule has 0 N–H and O–H groups in total. The average Bonchev–Trinajstić information content (AvgIpc) is 2.71. The second-order valence-electron chi connectivity index (χ2n) is 4.12. The summed E-state index contributed by atoms with van der Waals surface area (Å²) in [6.07, 6.45) is 0.242. The normalized spacial score (nSPS) is 19.3. The number of amides is 1. The summed E-state index contributed by atoms with van der Waals surface area (Å²) >= 11 is 5.67. The predicted octanol–water partition coefficient (Wildman–Crippen LogP) is 2.33. The molecule has 0 bridgehead atoms. The maximum absolute atomic E-state index is 13.6. The number of carbonyl (C=O) groups excluding carboxylic acids is 1. The number of benzene rings is 1. The summed E-state index contributed by atoms with van der Waals surface area (Å²) in [6.45, 7) is 0.292. The molecule has 1 aliphatic rings. The fraction of sp³-hybridized carbons (Fsp3) is 0.364. The van der Waals surface area contributed by atoms with Gasteiger partial charge in [-0.25, -0.2) is 4.39 Å². The van der Waals surface area contributed by atoms with Crippen LogP contribution in [0.5, 0.6) is 0 Å². The minimum atomic E-state index is -0.649. The number of nitro benzene ring substituents is 1. The third-order valence-electron chi connectivity index (χ3n) is 2.85. The van der Waals surface area contributed by atoms with E-state index in [1.807, 2.05) is 0 Å². The molecule has 0 spiro atoms. The molecular formula is C11H10ClFN2O3. The third kappa shape index (κ3) is 2.28. The van der Waals surface area contributed by atoms with E-state index >= 15 is 0 Å². The summed E-state index contributed by atoms with van der Waals surface area (Å²) in [7, 11) is 0. The van der Waals surface area contributed by atoms with E-state index in [0.717, 1.165) is 18.2 Å². The highest BCUT2D eigenvalue weighted by molar-refractivity contribution is 6.18. The van der Waals surface area contributed by atoms with Crippen molar-refractivity contribution in [2.45, 2.75) is 6.42 Å². The Balaban J connectivity index is 2.35. The molecular weight excluding hydrogens is 263 g/mol. The van der Waals surface area contributed by atoms with Gasteiger partial charge in [0.15, 0.2) is 0 Å². The van der Waals surface area contributed by atoms with E-state index in [4.69, 9.17) is 11.6 Å². The molecule has 1 aromatic carbocycles. The molecule has 1 saturated heterocycles. The second-order valence-corrected chi connectivity index (χ2v) is 4.43. The molecule has 0 saturated carbocycles. The first-order valence-electron chi connectivity index (χ1n) is 5.33. The Labute approximate surface area is 107 Å². The van der Waals surface area contributed by atoms with E-state index in [-0.39, 0.29) is 29.6 Å². The number of hydrogen-bond donors (Lipinski definition) is 0. The lowest BCUT2D eigenvalue weighted by molar-refractivity contribution is -0.384. The molecule has 0 radical (unpaired) electrons.